The third-order valence-corrected chi connectivity index (χ3v) is 2.53. The Hall–Kier alpha value is -1.27. The number of aliphatic hydroxyl groups is 1. The molecule has 0 fully saturated rings. The molecule has 1 aromatic carbocycles. The van der Waals surface area contributed by atoms with Gasteiger partial charge in [0, 0.05) is 11.6 Å². The van der Waals surface area contributed by atoms with Crippen LogP contribution in [0, 0.1) is 0 Å². The lowest BCUT2D eigenvalue weighted by molar-refractivity contribution is -0.210. The molecule has 0 aliphatic rings. The number of para-hydroxylation sites is 1. The lowest BCUT2D eigenvalue weighted by Crippen LogP contribution is -2.34. The van der Waals surface area contributed by atoms with Gasteiger partial charge in [0.25, 0.3) is 0 Å². The molecule has 0 radical (unpaired) electrons. The quantitative estimate of drug-likeness (QED) is 0.857. The Labute approximate surface area is 103 Å². The fraction of sp³-hybridized carbons (Fsp3) is 0.500. The van der Waals surface area contributed by atoms with Crippen molar-refractivity contribution in [2.45, 2.75) is 31.7 Å². The summed E-state index contributed by atoms with van der Waals surface area (Å²) < 4.78 is 41.4. The first kappa shape index (κ1) is 14.8. The van der Waals surface area contributed by atoms with Crippen LogP contribution < -0.4 is 10.5 Å². The van der Waals surface area contributed by atoms with Gasteiger partial charge in [-0.2, -0.15) is 13.2 Å². The lowest BCUT2D eigenvalue weighted by atomic mass is 10.0. The molecule has 2 atom stereocenters. The average molecular weight is 263 g/mol. The highest BCUT2D eigenvalue weighted by atomic mass is 19.4. The monoisotopic (exact) mass is 263 g/mol. The van der Waals surface area contributed by atoms with Crippen molar-refractivity contribution in [2.75, 3.05) is 6.61 Å². The van der Waals surface area contributed by atoms with Gasteiger partial charge >= 0.3 is 6.18 Å². The summed E-state index contributed by atoms with van der Waals surface area (Å²) in [7, 11) is 0. The highest BCUT2D eigenvalue weighted by Crippen LogP contribution is 2.27. The first-order valence-corrected chi connectivity index (χ1v) is 5.58. The van der Waals surface area contributed by atoms with Crippen molar-refractivity contribution in [3.05, 3.63) is 29.8 Å². The number of aliphatic hydroxyl groups excluding tert-OH is 1. The third kappa shape index (κ3) is 3.89. The van der Waals surface area contributed by atoms with Crippen LogP contribution in [0.4, 0.5) is 13.2 Å². The van der Waals surface area contributed by atoms with E-state index in [-0.39, 0.29) is 11.8 Å². The SMILES string of the molecule is CC[C@H](N)c1ccccc1OCC(O)C(F)(F)F. The lowest BCUT2D eigenvalue weighted by Gasteiger charge is -2.18. The molecule has 3 N–H and O–H groups in total. The molecule has 0 amide bonds. The van der Waals surface area contributed by atoms with E-state index in [0.717, 1.165) is 0 Å². The number of alkyl halides is 3. The molecule has 6 heteroatoms. The minimum absolute atomic E-state index is 0.273. The van der Waals surface area contributed by atoms with Crippen molar-refractivity contribution in [3.8, 4) is 5.75 Å². The molecule has 0 bridgehead atoms. The summed E-state index contributed by atoms with van der Waals surface area (Å²) in [4.78, 5) is 0. The van der Waals surface area contributed by atoms with Crippen LogP contribution in [-0.4, -0.2) is 24.0 Å². The maximum atomic E-state index is 12.1. The molecule has 0 saturated heterocycles. The number of ether oxygens (including phenoxy) is 1. The molecular weight excluding hydrogens is 247 g/mol. The number of halogens is 3. The van der Waals surface area contributed by atoms with Crippen molar-refractivity contribution in [2.24, 2.45) is 5.73 Å². The first-order valence-electron chi connectivity index (χ1n) is 5.58. The van der Waals surface area contributed by atoms with Gasteiger partial charge in [0.2, 0.25) is 0 Å². The van der Waals surface area contributed by atoms with E-state index in [9.17, 15) is 13.2 Å². The van der Waals surface area contributed by atoms with Gasteiger partial charge in [0.1, 0.15) is 12.4 Å². The van der Waals surface area contributed by atoms with Crippen LogP contribution >= 0.6 is 0 Å². The minimum Gasteiger partial charge on any atom is -0.490 e. The molecule has 102 valence electrons. The zero-order valence-electron chi connectivity index (χ0n) is 9.95. The second-order valence-electron chi connectivity index (χ2n) is 3.92. The van der Waals surface area contributed by atoms with E-state index in [1.807, 2.05) is 6.92 Å². The molecule has 1 unspecified atom stereocenters. The highest BCUT2D eigenvalue weighted by molar-refractivity contribution is 5.35. The van der Waals surface area contributed by atoms with E-state index >= 15 is 0 Å². The summed E-state index contributed by atoms with van der Waals surface area (Å²) in [6, 6.07) is 6.31. The molecule has 0 aliphatic carbocycles. The van der Waals surface area contributed by atoms with Gasteiger partial charge in [0.05, 0.1) is 0 Å². The van der Waals surface area contributed by atoms with Crippen LogP contribution in [0.15, 0.2) is 24.3 Å². The van der Waals surface area contributed by atoms with Gasteiger partial charge in [-0.25, -0.2) is 0 Å². The molecule has 1 aromatic rings. The van der Waals surface area contributed by atoms with Crippen LogP contribution in [-0.2, 0) is 0 Å². The van der Waals surface area contributed by atoms with Crippen LogP contribution in [0.3, 0.4) is 0 Å². The van der Waals surface area contributed by atoms with Gasteiger partial charge in [-0.3, -0.25) is 0 Å². The molecule has 0 spiro atoms. The van der Waals surface area contributed by atoms with Crippen molar-refractivity contribution in [3.63, 3.8) is 0 Å². The number of rotatable bonds is 5. The molecule has 1 rings (SSSR count). The Bertz CT molecular complexity index is 382. The maximum absolute atomic E-state index is 12.1. The van der Waals surface area contributed by atoms with Gasteiger partial charge in [-0.1, -0.05) is 25.1 Å². The van der Waals surface area contributed by atoms with Crippen LogP contribution in [0.1, 0.15) is 24.9 Å². The number of benzene rings is 1. The predicted molar refractivity (Wildman–Crippen MR) is 61.2 cm³/mol. The molecule has 0 saturated carbocycles. The Morgan fingerprint density at radius 2 is 1.94 bits per heavy atom. The molecule has 0 aliphatic heterocycles. The zero-order chi connectivity index (χ0) is 13.8. The van der Waals surface area contributed by atoms with E-state index in [2.05, 4.69) is 0 Å². The standard InChI is InChI=1S/C12H16F3NO2/c1-2-9(16)8-5-3-4-6-10(8)18-7-11(17)12(13,14)15/h3-6,9,11,17H,2,7,16H2,1H3/t9-,11?/m0/s1. The van der Waals surface area contributed by atoms with Crippen molar-refractivity contribution < 1.29 is 23.0 Å². The van der Waals surface area contributed by atoms with Crippen molar-refractivity contribution in [1.29, 1.82) is 0 Å². The van der Waals surface area contributed by atoms with E-state index < -0.39 is 18.9 Å². The third-order valence-electron chi connectivity index (χ3n) is 2.53. The van der Waals surface area contributed by atoms with Crippen LogP contribution in [0.25, 0.3) is 0 Å². The smallest absolute Gasteiger partial charge is 0.417 e. The van der Waals surface area contributed by atoms with Crippen LogP contribution in [0.5, 0.6) is 5.75 Å². The van der Waals surface area contributed by atoms with Crippen LogP contribution in [0.2, 0.25) is 0 Å². The topological polar surface area (TPSA) is 55.5 Å². The Kier molecular flexibility index (Phi) is 4.98. The van der Waals surface area contributed by atoms with E-state index in [1.54, 1.807) is 18.2 Å². The Balaban J connectivity index is 2.73. The maximum Gasteiger partial charge on any atom is 0.417 e. The second-order valence-corrected chi connectivity index (χ2v) is 3.92. The highest BCUT2D eigenvalue weighted by Gasteiger charge is 2.38. The van der Waals surface area contributed by atoms with Gasteiger partial charge in [-0.15, -0.1) is 0 Å². The Morgan fingerprint density at radius 1 is 1.33 bits per heavy atom. The minimum atomic E-state index is -4.68. The second kappa shape index (κ2) is 6.06. The summed E-state index contributed by atoms with van der Waals surface area (Å²) in [6.07, 6.45) is -6.53. The normalized spacial score (nSPS) is 15.2. The van der Waals surface area contributed by atoms with E-state index in [1.165, 1.54) is 6.07 Å². The fourth-order valence-electron chi connectivity index (χ4n) is 1.40. The number of hydrogen-bond acceptors (Lipinski definition) is 3. The molecule has 0 aromatic heterocycles. The van der Waals surface area contributed by atoms with Gasteiger partial charge < -0.3 is 15.6 Å². The van der Waals surface area contributed by atoms with E-state index in [0.29, 0.717) is 12.0 Å². The summed E-state index contributed by atoms with van der Waals surface area (Å²) in [5.41, 5.74) is 6.46. The number of hydrogen-bond donors (Lipinski definition) is 2. The largest absolute Gasteiger partial charge is 0.490 e. The molecule has 3 nitrogen and oxygen atoms in total. The summed E-state index contributed by atoms with van der Waals surface area (Å²) in [5, 5.41) is 8.85. The zero-order valence-corrected chi connectivity index (χ0v) is 9.95. The average Bonchev–Trinajstić information content (AvgIpc) is 2.34. The summed E-state index contributed by atoms with van der Waals surface area (Å²) in [5.74, 6) is 0.273. The summed E-state index contributed by atoms with van der Waals surface area (Å²) in [6.45, 7) is 1.03. The molecule has 0 heterocycles. The molecule has 18 heavy (non-hydrogen) atoms. The predicted octanol–water partition coefficient (Wildman–Crippen LogP) is 2.40. The number of nitrogens with two attached hydrogens (primary N) is 1. The van der Waals surface area contributed by atoms with Crippen molar-refractivity contribution in [1.82, 2.24) is 0 Å². The summed E-state index contributed by atoms with van der Waals surface area (Å²) >= 11 is 0. The fourth-order valence-corrected chi connectivity index (χ4v) is 1.40. The first-order chi connectivity index (χ1) is 8.36. The Morgan fingerprint density at radius 3 is 2.50 bits per heavy atom. The van der Waals surface area contributed by atoms with Gasteiger partial charge in [-0.05, 0) is 12.5 Å². The van der Waals surface area contributed by atoms with E-state index in [4.69, 9.17) is 15.6 Å². The molecular formula is C12H16F3NO2. The van der Waals surface area contributed by atoms with Crippen molar-refractivity contribution >= 4 is 0 Å². The van der Waals surface area contributed by atoms with Gasteiger partial charge in [0.15, 0.2) is 6.10 Å².